The van der Waals surface area contributed by atoms with Crippen LogP contribution in [0.5, 0.6) is 11.5 Å². The Kier molecular flexibility index (Phi) is 7.29. The van der Waals surface area contributed by atoms with Crippen molar-refractivity contribution in [1.29, 1.82) is 0 Å². The second kappa shape index (κ2) is 9.93. The molecular formula is C22H24N2O5S2. The Hall–Kier alpha value is -2.91. The summed E-state index contributed by atoms with van der Waals surface area (Å²) < 4.78 is 34.0. The minimum absolute atomic E-state index is 0.157. The molecule has 0 bridgehead atoms. The van der Waals surface area contributed by atoms with Crippen LogP contribution >= 0.6 is 11.3 Å². The molecule has 9 heteroatoms. The average molecular weight is 461 g/mol. The smallest absolute Gasteiger partial charge is 0.273 e. The number of benzene rings is 2. The highest BCUT2D eigenvalue weighted by Crippen LogP contribution is 2.26. The molecule has 1 heterocycles. The maximum absolute atomic E-state index is 12.7. The van der Waals surface area contributed by atoms with E-state index in [1.165, 1.54) is 23.5 Å². The number of carbonyl (C=O) groups is 1. The first-order valence-corrected chi connectivity index (χ1v) is 12.3. The predicted octanol–water partition coefficient (Wildman–Crippen LogP) is 3.76. The van der Waals surface area contributed by atoms with Crippen molar-refractivity contribution < 1.29 is 22.7 Å². The van der Waals surface area contributed by atoms with Crippen LogP contribution in [0.3, 0.4) is 0 Å². The Morgan fingerprint density at radius 3 is 2.55 bits per heavy atom. The number of thiazole rings is 1. The van der Waals surface area contributed by atoms with Crippen molar-refractivity contribution in [2.45, 2.75) is 11.3 Å². The number of hydrogen-bond donors (Lipinski definition) is 0. The van der Waals surface area contributed by atoms with Gasteiger partial charge in [-0.1, -0.05) is 6.07 Å². The van der Waals surface area contributed by atoms with Gasteiger partial charge in [-0.25, -0.2) is 13.4 Å². The summed E-state index contributed by atoms with van der Waals surface area (Å²) in [6.07, 6.45) is 1.76. The molecule has 7 nitrogen and oxygen atoms in total. The van der Waals surface area contributed by atoms with Gasteiger partial charge in [0.25, 0.3) is 5.91 Å². The molecule has 0 radical (unpaired) electrons. The van der Waals surface area contributed by atoms with Gasteiger partial charge >= 0.3 is 0 Å². The molecule has 164 valence electrons. The molecule has 0 fully saturated rings. The zero-order valence-electron chi connectivity index (χ0n) is 17.6. The third-order valence-corrected chi connectivity index (χ3v) is 6.55. The van der Waals surface area contributed by atoms with E-state index in [-0.39, 0.29) is 10.8 Å². The molecule has 1 amide bonds. The standard InChI is InChI=1S/C22H24N2O5S2/c1-24(12-5-13-29-18-6-4-7-19(14-18)31(3,26)27)22(25)20-15-30-21(23-20)16-8-10-17(28-2)11-9-16/h4,6-11,14-15H,5,12-13H2,1-3H3. The van der Waals surface area contributed by atoms with Gasteiger partial charge < -0.3 is 14.4 Å². The molecular weight excluding hydrogens is 436 g/mol. The molecule has 31 heavy (non-hydrogen) atoms. The summed E-state index contributed by atoms with van der Waals surface area (Å²) in [5.41, 5.74) is 1.33. The molecule has 2 aromatic carbocycles. The van der Waals surface area contributed by atoms with Crippen LogP contribution in [0.25, 0.3) is 10.6 Å². The number of aromatic nitrogens is 1. The summed E-state index contributed by atoms with van der Waals surface area (Å²) in [6.45, 7) is 0.846. The van der Waals surface area contributed by atoms with Crippen molar-refractivity contribution in [2.24, 2.45) is 0 Å². The van der Waals surface area contributed by atoms with Crippen molar-refractivity contribution >= 4 is 27.1 Å². The number of ether oxygens (including phenoxy) is 2. The third-order valence-electron chi connectivity index (χ3n) is 4.55. The molecule has 0 saturated heterocycles. The van der Waals surface area contributed by atoms with E-state index in [4.69, 9.17) is 9.47 Å². The maximum atomic E-state index is 12.7. The highest BCUT2D eigenvalue weighted by Gasteiger charge is 2.16. The number of hydrogen-bond acceptors (Lipinski definition) is 7. The van der Waals surface area contributed by atoms with Crippen LogP contribution in [0, 0.1) is 0 Å². The number of nitrogens with zero attached hydrogens (tertiary/aromatic N) is 2. The Bertz CT molecular complexity index is 1140. The molecule has 1 aromatic heterocycles. The zero-order valence-corrected chi connectivity index (χ0v) is 19.2. The molecule has 0 atom stereocenters. The van der Waals surface area contributed by atoms with E-state index < -0.39 is 9.84 Å². The second-order valence-electron chi connectivity index (χ2n) is 6.94. The minimum Gasteiger partial charge on any atom is -0.497 e. The van der Waals surface area contributed by atoms with Crippen LogP contribution in [-0.4, -0.2) is 57.8 Å². The van der Waals surface area contributed by atoms with Crippen molar-refractivity contribution in [3.05, 3.63) is 59.6 Å². The first kappa shape index (κ1) is 22.8. The molecule has 3 aromatic rings. The highest BCUT2D eigenvalue weighted by molar-refractivity contribution is 7.90. The molecule has 0 saturated carbocycles. The van der Waals surface area contributed by atoms with Crippen LogP contribution in [0.15, 0.2) is 58.8 Å². The first-order chi connectivity index (χ1) is 14.8. The molecule has 0 aliphatic carbocycles. The van der Waals surface area contributed by atoms with Gasteiger partial charge in [-0.05, 0) is 48.9 Å². The van der Waals surface area contributed by atoms with Crippen molar-refractivity contribution in [2.75, 3.05) is 33.6 Å². The van der Waals surface area contributed by atoms with Gasteiger partial charge in [0, 0.05) is 30.8 Å². The maximum Gasteiger partial charge on any atom is 0.273 e. The average Bonchev–Trinajstić information content (AvgIpc) is 3.26. The van der Waals surface area contributed by atoms with Crippen LogP contribution in [0.2, 0.25) is 0 Å². The Morgan fingerprint density at radius 1 is 1.13 bits per heavy atom. The normalized spacial score (nSPS) is 11.2. The Morgan fingerprint density at radius 2 is 1.87 bits per heavy atom. The summed E-state index contributed by atoms with van der Waals surface area (Å²) in [7, 11) is 0.0570. The van der Waals surface area contributed by atoms with E-state index in [0.29, 0.717) is 31.0 Å². The molecule has 3 rings (SSSR count). The van der Waals surface area contributed by atoms with Gasteiger partial charge in [0.05, 0.1) is 18.6 Å². The van der Waals surface area contributed by atoms with Gasteiger partial charge in [-0.2, -0.15) is 0 Å². The van der Waals surface area contributed by atoms with Crippen molar-refractivity contribution in [1.82, 2.24) is 9.88 Å². The molecule has 0 N–H and O–H groups in total. The predicted molar refractivity (Wildman–Crippen MR) is 121 cm³/mol. The van der Waals surface area contributed by atoms with Crippen molar-refractivity contribution in [3.8, 4) is 22.1 Å². The monoisotopic (exact) mass is 460 g/mol. The number of sulfone groups is 1. The third kappa shape index (κ3) is 6.05. The molecule has 0 spiro atoms. The van der Waals surface area contributed by atoms with E-state index in [0.717, 1.165) is 22.6 Å². The van der Waals surface area contributed by atoms with Gasteiger partial charge in [0.15, 0.2) is 9.84 Å². The second-order valence-corrected chi connectivity index (χ2v) is 9.82. The fraction of sp³-hybridized carbons (Fsp3) is 0.273. The highest BCUT2D eigenvalue weighted by atomic mass is 32.2. The van der Waals surface area contributed by atoms with Crippen LogP contribution in [-0.2, 0) is 9.84 Å². The molecule has 0 unspecified atom stereocenters. The largest absolute Gasteiger partial charge is 0.497 e. The lowest BCUT2D eigenvalue weighted by Crippen LogP contribution is -2.28. The summed E-state index contributed by atoms with van der Waals surface area (Å²) in [6, 6.07) is 13.9. The SMILES string of the molecule is COc1ccc(-c2nc(C(=O)N(C)CCCOc3cccc(S(C)(=O)=O)c3)cs2)cc1. The van der Waals surface area contributed by atoms with Gasteiger partial charge in [0.2, 0.25) is 0 Å². The van der Waals surface area contributed by atoms with Crippen LogP contribution < -0.4 is 9.47 Å². The number of carbonyl (C=O) groups excluding carboxylic acids is 1. The lowest BCUT2D eigenvalue weighted by molar-refractivity contribution is 0.0783. The van der Waals surface area contributed by atoms with E-state index in [2.05, 4.69) is 4.98 Å². The quantitative estimate of drug-likeness (QED) is 0.452. The summed E-state index contributed by atoms with van der Waals surface area (Å²) in [5.74, 6) is 1.09. The van der Waals surface area contributed by atoms with E-state index in [9.17, 15) is 13.2 Å². The fourth-order valence-electron chi connectivity index (χ4n) is 2.82. The first-order valence-electron chi connectivity index (χ1n) is 9.56. The van der Waals surface area contributed by atoms with Crippen LogP contribution in [0.1, 0.15) is 16.9 Å². The topological polar surface area (TPSA) is 85.8 Å². The lowest BCUT2D eigenvalue weighted by Gasteiger charge is -2.16. The minimum atomic E-state index is -3.28. The summed E-state index contributed by atoms with van der Waals surface area (Å²) in [5, 5.41) is 2.53. The Balaban J connectivity index is 1.51. The van der Waals surface area contributed by atoms with Crippen LogP contribution in [0.4, 0.5) is 0 Å². The number of amides is 1. The molecule has 0 aliphatic heterocycles. The van der Waals surface area contributed by atoms with Gasteiger partial charge in [-0.15, -0.1) is 11.3 Å². The molecule has 0 aliphatic rings. The zero-order chi connectivity index (χ0) is 22.4. The lowest BCUT2D eigenvalue weighted by atomic mass is 10.2. The Labute approximate surface area is 186 Å². The summed E-state index contributed by atoms with van der Waals surface area (Å²) in [4.78, 5) is 18.9. The number of rotatable bonds is 9. The fourth-order valence-corrected chi connectivity index (χ4v) is 4.28. The number of methoxy groups -OCH3 is 1. The van der Waals surface area contributed by atoms with E-state index in [1.807, 2.05) is 24.3 Å². The van der Waals surface area contributed by atoms with Gasteiger partial charge in [-0.3, -0.25) is 4.79 Å². The van der Waals surface area contributed by atoms with Gasteiger partial charge in [0.1, 0.15) is 22.2 Å². The van der Waals surface area contributed by atoms with E-state index >= 15 is 0 Å². The van der Waals surface area contributed by atoms with Crippen molar-refractivity contribution in [3.63, 3.8) is 0 Å². The summed E-state index contributed by atoms with van der Waals surface area (Å²) >= 11 is 1.42. The van der Waals surface area contributed by atoms with E-state index in [1.54, 1.807) is 36.6 Å².